The molecule has 3 rings (SSSR count). The summed E-state index contributed by atoms with van der Waals surface area (Å²) < 4.78 is 44.2. The summed E-state index contributed by atoms with van der Waals surface area (Å²) in [6.07, 6.45) is 2.34. The minimum absolute atomic E-state index is 0.0682. The summed E-state index contributed by atoms with van der Waals surface area (Å²) in [6.45, 7) is 6.81. The molecule has 0 saturated carbocycles. The molecule has 0 bridgehead atoms. The van der Waals surface area contributed by atoms with E-state index >= 15 is 0 Å². The van der Waals surface area contributed by atoms with Crippen molar-refractivity contribution in [3.05, 3.63) is 70.4 Å². The number of benzene rings is 2. The Kier molecular flexibility index (Phi) is 9.42. The molecule has 206 valence electrons. The van der Waals surface area contributed by atoms with Gasteiger partial charge in [0, 0.05) is 43.0 Å². The minimum Gasteiger partial charge on any atom is -0.377 e. The lowest BCUT2D eigenvalue weighted by Gasteiger charge is -2.25. The second-order valence-electron chi connectivity index (χ2n) is 9.72. The second-order valence-corrected chi connectivity index (χ2v) is 12.2. The van der Waals surface area contributed by atoms with Crippen molar-refractivity contribution in [3.8, 4) is 11.1 Å². The zero-order chi connectivity index (χ0) is 28.1. The summed E-state index contributed by atoms with van der Waals surface area (Å²) in [4.78, 5) is 25.1. The molecule has 1 aromatic heterocycles. The Morgan fingerprint density at radius 1 is 1.18 bits per heavy atom. The van der Waals surface area contributed by atoms with E-state index in [4.69, 9.17) is 9.94 Å². The molecule has 1 unspecified atom stereocenters. The van der Waals surface area contributed by atoms with E-state index in [1.807, 2.05) is 19.9 Å². The molecule has 0 aliphatic carbocycles. The van der Waals surface area contributed by atoms with Crippen LogP contribution in [0.2, 0.25) is 0 Å². The number of sulfone groups is 1. The topological polar surface area (TPSA) is 127 Å². The molecule has 0 aliphatic rings. The minimum atomic E-state index is -3.89. The van der Waals surface area contributed by atoms with Crippen LogP contribution >= 0.6 is 0 Å². The smallest absolute Gasteiger partial charge is 0.264 e. The van der Waals surface area contributed by atoms with Crippen LogP contribution in [-0.4, -0.2) is 54.4 Å². The van der Waals surface area contributed by atoms with E-state index in [1.54, 1.807) is 30.3 Å². The average molecular weight is 548 g/mol. The molecule has 3 N–H and O–H groups in total. The number of carbonyl (C=O) groups is 1. The fraction of sp³-hybridized carbons (Fsp3) is 0.407. The first kappa shape index (κ1) is 29.4. The van der Waals surface area contributed by atoms with Crippen molar-refractivity contribution in [1.29, 1.82) is 0 Å². The number of hydrogen-bond donors (Lipinski definition) is 3. The fourth-order valence-corrected chi connectivity index (χ4v) is 4.90. The van der Waals surface area contributed by atoms with Gasteiger partial charge < -0.3 is 14.6 Å². The number of aromatic nitrogens is 1. The van der Waals surface area contributed by atoms with Crippen LogP contribution in [0.5, 0.6) is 0 Å². The molecule has 38 heavy (non-hydrogen) atoms. The molecule has 3 aromatic rings. The lowest BCUT2D eigenvalue weighted by Crippen LogP contribution is -2.49. The van der Waals surface area contributed by atoms with Crippen LogP contribution in [-0.2, 0) is 32.5 Å². The number of amides is 1. The Morgan fingerprint density at radius 3 is 2.55 bits per heavy atom. The molecular formula is C27H34FN3O6S. The molecule has 0 fully saturated rings. The SMILES string of the molecule is CC(C)OCCNCc1ccc(-c2ccc3c(=O)n(CCC(C)(C(=O)NO)S(C)(=O)=O)ccc3c2)c(F)c1. The first-order valence-electron chi connectivity index (χ1n) is 12.3. The van der Waals surface area contributed by atoms with Gasteiger partial charge in [-0.05, 0) is 68.0 Å². The van der Waals surface area contributed by atoms with E-state index in [0.29, 0.717) is 41.6 Å². The first-order chi connectivity index (χ1) is 17.9. The highest BCUT2D eigenvalue weighted by Crippen LogP contribution is 2.27. The highest BCUT2D eigenvalue weighted by Gasteiger charge is 2.43. The van der Waals surface area contributed by atoms with Gasteiger partial charge in [0.05, 0.1) is 12.7 Å². The Bertz CT molecular complexity index is 1470. The number of aryl methyl sites for hydroxylation is 1. The van der Waals surface area contributed by atoms with Crippen LogP contribution in [0.1, 0.15) is 32.8 Å². The predicted molar refractivity (Wildman–Crippen MR) is 144 cm³/mol. The molecule has 0 spiro atoms. The van der Waals surface area contributed by atoms with Crippen molar-refractivity contribution in [1.82, 2.24) is 15.4 Å². The van der Waals surface area contributed by atoms with Crippen molar-refractivity contribution < 1.29 is 27.5 Å². The largest absolute Gasteiger partial charge is 0.377 e. The third-order valence-electron chi connectivity index (χ3n) is 6.61. The summed E-state index contributed by atoms with van der Waals surface area (Å²) in [5.41, 5.74) is 2.84. The number of fused-ring (bicyclic) bond motifs is 1. The van der Waals surface area contributed by atoms with E-state index in [9.17, 15) is 22.4 Å². The zero-order valence-corrected chi connectivity index (χ0v) is 22.8. The fourth-order valence-electron chi connectivity index (χ4n) is 4.05. The van der Waals surface area contributed by atoms with Gasteiger partial charge in [-0.1, -0.05) is 18.2 Å². The van der Waals surface area contributed by atoms with Gasteiger partial charge in [0.15, 0.2) is 14.6 Å². The van der Waals surface area contributed by atoms with E-state index in [0.717, 1.165) is 11.8 Å². The summed E-state index contributed by atoms with van der Waals surface area (Å²) in [7, 11) is -3.89. The van der Waals surface area contributed by atoms with Crippen molar-refractivity contribution in [2.24, 2.45) is 0 Å². The van der Waals surface area contributed by atoms with Gasteiger partial charge in [0.25, 0.3) is 11.5 Å². The second kappa shape index (κ2) is 12.2. The number of nitrogens with zero attached hydrogens (tertiary/aromatic N) is 1. The molecule has 1 amide bonds. The van der Waals surface area contributed by atoms with E-state index in [1.165, 1.54) is 29.2 Å². The van der Waals surface area contributed by atoms with Crippen molar-refractivity contribution in [2.75, 3.05) is 19.4 Å². The summed E-state index contributed by atoms with van der Waals surface area (Å²) >= 11 is 0. The van der Waals surface area contributed by atoms with E-state index in [2.05, 4.69) is 5.32 Å². The Labute approximate surface area is 221 Å². The third kappa shape index (κ3) is 6.65. The van der Waals surface area contributed by atoms with Crippen LogP contribution in [0, 0.1) is 5.82 Å². The molecule has 2 aromatic carbocycles. The van der Waals surface area contributed by atoms with E-state index in [-0.39, 0.29) is 30.4 Å². The van der Waals surface area contributed by atoms with E-state index < -0.39 is 20.5 Å². The Hall–Kier alpha value is -3.12. The van der Waals surface area contributed by atoms with Gasteiger partial charge in [0.1, 0.15) is 5.82 Å². The summed E-state index contributed by atoms with van der Waals surface area (Å²) in [5.74, 6) is -1.44. The quantitative estimate of drug-likeness (QED) is 0.181. The van der Waals surface area contributed by atoms with Crippen molar-refractivity contribution in [3.63, 3.8) is 0 Å². The Morgan fingerprint density at radius 2 is 1.92 bits per heavy atom. The molecule has 0 aliphatic heterocycles. The number of ether oxygens (including phenoxy) is 1. The Balaban J connectivity index is 1.78. The normalized spacial score (nSPS) is 13.6. The standard InChI is InChI=1S/C27H34FN3O6S/c1-18(2)37-14-11-29-17-19-5-7-22(24(28)15-19)20-6-8-23-21(16-20)9-12-31(25(23)32)13-10-27(3,26(33)30-34)38(4,35)36/h5-9,12,15-16,18,29,34H,10-11,13-14,17H2,1-4H3,(H,30,33). The van der Waals surface area contributed by atoms with Gasteiger partial charge >= 0.3 is 0 Å². The third-order valence-corrected chi connectivity index (χ3v) is 8.64. The van der Waals surface area contributed by atoms with Gasteiger partial charge in [-0.15, -0.1) is 0 Å². The highest BCUT2D eigenvalue weighted by molar-refractivity contribution is 7.92. The van der Waals surface area contributed by atoms with Crippen molar-refractivity contribution in [2.45, 2.75) is 51.1 Å². The number of nitrogens with one attached hydrogen (secondary N) is 2. The number of rotatable bonds is 12. The summed E-state index contributed by atoms with van der Waals surface area (Å²) in [5, 5.41) is 13.2. The first-order valence-corrected chi connectivity index (χ1v) is 14.1. The average Bonchev–Trinajstić information content (AvgIpc) is 2.86. The number of hydrogen-bond acceptors (Lipinski definition) is 7. The molecule has 0 saturated heterocycles. The van der Waals surface area contributed by atoms with Crippen LogP contribution in [0.25, 0.3) is 21.9 Å². The molecule has 1 atom stereocenters. The monoisotopic (exact) mass is 547 g/mol. The zero-order valence-electron chi connectivity index (χ0n) is 22.0. The van der Waals surface area contributed by atoms with Crippen LogP contribution < -0.4 is 16.4 Å². The number of hydroxylamine groups is 1. The molecule has 11 heteroatoms. The number of halogens is 1. The summed E-state index contributed by atoms with van der Waals surface area (Å²) in [6, 6.07) is 11.7. The van der Waals surface area contributed by atoms with Gasteiger partial charge in [-0.25, -0.2) is 18.3 Å². The lowest BCUT2D eigenvalue weighted by atomic mass is 10.00. The molecule has 9 nitrogen and oxygen atoms in total. The highest BCUT2D eigenvalue weighted by atomic mass is 32.2. The maximum Gasteiger partial charge on any atom is 0.264 e. The van der Waals surface area contributed by atoms with Gasteiger partial charge in [-0.3, -0.25) is 14.8 Å². The molecular weight excluding hydrogens is 513 g/mol. The number of pyridine rings is 1. The maximum absolute atomic E-state index is 14.9. The lowest BCUT2D eigenvalue weighted by molar-refractivity contribution is -0.131. The van der Waals surface area contributed by atoms with Gasteiger partial charge in [-0.2, -0.15) is 0 Å². The van der Waals surface area contributed by atoms with Crippen LogP contribution in [0.3, 0.4) is 0 Å². The number of carbonyl (C=O) groups excluding carboxylic acids is 1. The van der Waals surface area contributed by atoms with Crippen LogP contribution in [0.15, 0.2) is 53.5 Å². The predicted octanol–water partition coefficient (Wildman–Crippen LogP) is 3.02. The van der Waals surface area contributed by atoms with Crippen LogP contribution in [0.4, 0.5) is 4.39 Å². The molecule has 0 radical (unpaired) electrons. The molecule has 1 heterocycles. The maximum atomic E-state index is 14.9. The van der Waals surface area contributed by atoms with Gasteiger partial charge in [0.2, 0.25) is 0 Å². The van der Waals surface area contributed by atoms with Crippen molar-refractivity contribution >= 4 is 26.5 Å².